The molecule has 1 saturated carbocycles. The summed E-state index contributed by atoms with van der Waals surface area (Å²) >= 11 is 0. The van der Waals surface area contributed by atoms with Gasteiger partial charge in [-0.05, 0) is 35.4 Å². The molecule has 0 radical (unpaired) electrons. The molecule has 1 aliphatic carbocycles. The summed E-state index contributed by atoms with van der Waals surface area (Å²) in [5.74, 6) is -4.00. The Morgan fingerprint density at radius 3 is 1.24 bits per heavy atom. The highest BCUT2D eigenvalue weighted by Crippen LogP contribution is 2.58. The summed E-state index contributed by atoms with van der Waals surface area (Å²) in [6, 6.07) is 13.1. The Labute approximate surface area is 196 Å². The Morgan fingerprint density at radius 1 is 0.647 bits per heavy atom. The summed E-state index contributed by atoms with van der Waals surface area (Å²) in [6.45, 7) is 9.49. The van der Waals surface area contributed by atoms with Gasteiger partial charge < -0.3 is 18.9 Å². The van der Waals surface area contributed by atoms with Crippen LogP contribution < -0.4 is 9.47 Å². The van der Waals surface area contributed by atoms with Gasteiger partial charge in [-0.2, -0.15) is 0 Å². The maximum atomic E-state index is 12.9. The van der Waals surface area contributed by atoms with E-state index < -0.39 is 47.5 Å². The van der Waals surface area contributed by atoms with Gasteiger partial charge in [0.25, 0.3) is 0 Å². The van der Waals surface area contributed by atoms with Crippen LogP contribution in [0.4, 0.5) is 0 Å². The molecule has 0 spiro atoms. The highest BCUT2D eigenvalue weighted by molar-refractivity contribution is 5.86. The number of hydrogen-bond acceptors (Lipinski definition) is 8. The number of benzene rings is 2. The molecule has 34 heavy (non-hydrogen) atoms. The van der Waals surface area contributed by atoms with Crippen LogP contribution in [0.15, 0.2) is 74.2 Å². The molecule has 0 saturated heterocycles. The maximum Gasteiger partial charge on any atom is 0.315 e. The zero-order chi connectivity index (χ0) is 24.8. The molecular formula is C26H24O8. The van der Waals surface area contributed by atoms with Gasteiger partial charge in [-0.3, -0.25) is 19.2 Å². The van der Waals surface area contributed by atoms with E-state index in [0.717, 1.165) is 12.5 Å². The molecule has 0 atom stereocenters. The van der Waals surface area contributed by atoms with E-state index in [9.17, 15) is 19.2 Å². The summed E-state index contributed by atoms with van der Waals surface area (Å²) < 4.78 is 20.3. The topological polar surface area (TPSA) is 105 Å². The zero-order valence-electron chi connectivity index (χ0n) is 18.8. The molecule has 2 aromatic rings. The van der Waals surface area contributed by atoms with Gasteiger partial charge in [0, 0.05) is 25.7 Å². The molecule has 0 aromatic heterocycles. The molecule has 0 unspecified atom stereocenters. The average Bonchev–Trinajstić information content (AvgIpc) is 2.75. The number of rotatable bonds is 8. The largest absolute Gasteiger partial charge is 0.435 e. The van der Waals surface area contributed by atoms with Crippen LogP contribution in [0.1, 0.15) is 36.8 Å². The van der Waals surface area contributed by atoms with Gasteiger partial charge >= 0.3 is 23.9 Å². The smallest absolute Gasteiger partial charge is 0.315 e. The van der Waals surface area contributed by atoms with Crippen LogP contribution in [0.2, 0.25) is 0 Å². The van der Waals surface area contributed by atoms with Gasteiger partial charge in [-0.1, -0.05) is 37.4 Å². The molecule has 176 valence electrons. The fraction of sp³-hybridized carbons (Fsp3) is 0.231. The molecule has 8 nitrogen and oxygen atoms in total. The Hall–Kier alpha value is -4.20. The van der Waals surface area contributed by atoms with Crippen LogP contribution in [-0.4, -0.2) is 23.9 Å². The second kappa shape index (κ2) is 10.6. The first-order valence-electron chi connectivity index (χ1n) is 10.5. The fourth-order valence-corrected chi connectivity index (χ4v) is 4.33. The van der Waals surface area contributed by atoms with E-state index in [1.54, 1.807) is 48.5 Å². The van der Waals surface area contributed by atoms with E-state index in [1.807, 2.05) is 0 Å². The van der Waals surface area contributed by atoms with Crippen LogP contribution in [0.25, 0.3) is 0 Å². The maximum absolute atomic E-state index is 12.9. The van der Waals surface area contributed by atoms with E-state index in [4.69, 9.17) is 18.9 Å². The van der Waals surface area contributed by atoms with Crippen molar-refractivity contribution in [3.8, 4) is 11.5 Å². The highest BCUT2D eigenvalue weighted by atomic mass is 16.5. The van der Waals surface area contributed by atoms with Crippen molar-refractivity contribution in [1.29, 1.82) is 0 Å². The minimum atomic E-state index is -0.737. The van der Waals surface area contributed by atoms with E-state index in [1.165, 1.54) is 13.8 Å². The number of hydrogen-bond donors (Lipinski definition) is 0. The standard InChI is InChI=1S/C26H24O8/c1-5-31-25(29)23-21(17-7-11-19(12-8-17)33-15(3)27)24(26(30)32-6-2)22(23)18-9-13-20(14-10-18)34-16(4)28/h5-14,21-24H,1-2H2,3-4H3. The highest BCUT2D eigenvalue weighted by Gasteiger charge is 2.59. The molecule has 3 rings (SSSR count). The van der Waals surface area contributed by atoms with Crippen molar-refractivity contribution in [1.82, 2.24) is 0 Å². The third-order valence-corrected chi connectivity index (χ3v) is 5.54. The van der Waals surface area contributed by atoms with Crippen molar-refractivity contribution in [2.45, 2.75) is 25.7 Å². The number of carbonyl (C=O) groups excluding carboxylic acids is 4. The first-order valence-corrected chi connectivity index (χ1v) is 10.5. The SMILES string of the molecule is C=COC(=O)C1C(c2ccc(OC(C)=O)cc2)C(C(=O)OC=C)C1c1ccc(OC(C)=O)cc1. The Bertz CT molecular complexity index is 1000. The van der Waals surface area contributed by atoms with Gasteiger partial charge in [0.2, 0.25) is 0 Å². The summed E-state index contributed by atoms with van der Waals surface area (Å²) in [5, 5.41) is 0. The lowest BCUT2D eigenvalue weighted by Crippen LogP contribution is -2.51. The predicted molar refractivity (Wildman–Crippen MR) is 121 cm³/mol. The Balaban J connectivity index is 2.02. The van der Waals surface area contributed by atoms with Gasteiger partial charge in [0.15, 0.2) is 0 Å². The average molecular weight is 464 g/mol. The van der Waals surface area contributed by atoms with E-state index >= 15 is 0 Å². The minimum Gasteiger partial charge on any atom is -0.435 e. The van der Waals surface area contributed by atoms with Crippen LogP contribution in [0, 0.1) is 11.8 Å². The van der Waals surface area contributed by atoms with Crippen LogP contribution >= 0.6 is 0 Å². The van der Waals surface area contributed by atoms with E-state index in [2.05, 4.69) is 13.2 Å². The van der Waals surface area contributed by atoms with Crippen molar-refractivity contribution in [3.05, 3.63) is 85.3 Å². The molecular weight excluding hydrogens is 440 g/mol. The van der Waals surface area contributed by atoms with Crippen molar-refractivity contribution >= 4 is 23.9 Å². The second-order valence-corrected chi connectivity index (χ2v) is 7.64. The zero-order valence-corrected chi connectivity index (χ0v) is 18.8. The number of carbonyl (C=O) groups is 4. The van der Waals surface area contributed by atoms with Crippen molar-refractivity contribution in [3.63, 3.8) is 0 Å². The summed E-state index contributed by atoms with van der Waals surface area (Å²) in [5.41, 5.74) is 1.33. The fourth-order valence-electron chi connectivity index (χ4n) is 4.33. The molecule has 1 aliphatic rings. The first-order chi connectivity index (χ1) is 16.3. The molecule has 0 N–H and O–H groups in total. The second-order valence-electron chi connectivity index (χ2n) is 7.64. The van der Waals surface area contributed by atoms with Crippen molar-refractivity contribution in [2.75, 3.05) is 0 Å². The summed E-state index contributed by atoms with van der Waals surface area (Å²) in [6.07, 6.45) is 2.08. The molecule has 0 bridgehead atoms. The third-order valence-electron chi connectivity index (χ3n) is 5.54. The number of ether oxygens (including phenoxy) is 4. The summed E-state index contributed by atoms with van der Waals surface area (Å²) in [7, 11) is 0. The molecule has 8 heteroatoms. The molecule has 2 aromatic carbocycles. The molecule has 1 fully saturated rings. The monoisotopic (exact) mass is 464 g/mol. The van der Waals surface area contributed by atoms with Gasteiger partial charge in [-0.15, -0.1) is 0 Å². The normalized spacial score (nSPS) is 20.8. The molecule has 0 heterocycles. The Morgan fingerprint density at radius 2 is 0.971 bits per heavy atom. The van der Waals surface area contributed by atoms with Crippen molar-refractivity contribution in [2.24, 2.45) is 11.8 Å². The molecule has 0 aliphatic heterocycles. The van der Waals surface area contributed by atoms with Crippen molar-refractivity contribution < 1.29 is 38.1 Å². The summed E-state index contributed by atoms with van der Waals surface area (Å²) in [4.78, 5) is 48.3. The predicted octanol–water partition coefficient (Wildman–Crippen LogP) is 4.02. The lowest BCUT2D eigenvalue weighted by atomic mass is 9.52. The van der Waals surface area contributed by atoms with Gasteiger partial charge in [0.1, 0.15) is 11.5 Å². The van der Waals surface area contributed by atoms with Crippen LogP contribution in [-0.2, 0) is 28.7 Å². The first kappa shape index (κ1) is 24.4. The molecule has 0 amide bonds. The lowest BCUT2D eigenvalue weighted by molar-refractivity contribution is -0.161. The lowest BCUT2D eigenvalue weighted by Gasteiger charge is -2.49. The Kier molecular flexibility index (Phi) is 7.63. The van der Waals surface area contributed by atoms with Gasteiger partial charge in [-0.25, -0.2) is 0 Å². The van der Waals surface area contributed by atoms with Gasteiger partial charge in [0.05, 0.1) is 24.4 Å². The van der Waals surface area contributed by atoms with Crippen LogP contribution in [0.3, 0.4) is 0 Å². The third kappa shape index (κ3) is 5.23. The minimum absolute atomic E-state index is 0.337. The van der Waals surface area contributed by atoms with E-state index in [-0.39, 0.29) is 0 Å². The van der Waals surface area contributed by atoms with E-state index in [0.29, 0.717) is 22.6 Å². The quantitative estimate of drug-likeness (QED) is 0.328. The van der Waals surface area contributed by atoms with Crippen LogP contribution in [0.5, 0.6) is 11.5 Å². The number of esters is 4.